The van der Waals surface area contributed by atoms with Crippen molar-refractivity contribution in [3.05, 3.63) is 28.8 Å². The van der Waals surface area contributed by atoms with E-state index in [1.165, 1.54) is 119 Å². The molecule has 0 spiro atoms. The van der Waals surface area contributed by atoms with Crippen LogP contribution in [0.25, 0.3) is 0 Å². The summed E-state index contributed by atoms with van der Waals surface area (Å²) in [6.45, 7) is 6.82. The fraction of sp³-hybridized carbons (Fsp3) is 0.786. The fourth-order valence-corrected chi connectivity index (χ4v) is 4.52. The summed E-state index contributed by atoms with van der Waals surface area (Å²) in [5, 5.41) is 10.5. The lowest BCUT2D eigenvalue weighted by Gasteiger charge is -2.16. The van der Waals surface area contributed by atoms with E-state index in [4.69, 9.17) is 0 Å². The van der Waals surface area contributed by atoms with Crippen LogP contribution in [0.2, 0.25) is 0 Å². The number of unbranched alkanes of at least 4 members (excludes halogenated alkanes) is 14. The Balaban J connectivity index is 2.40. The molecule has 1 aromatic carbocycles. The number of aromatic hydroxyl groups is 1. The predicted molar refractivity (Wildman–Crippen MR) is 130 cm³/mol. The summed E-state index contributed by atoms with van der Waals surface area (Å²) in [5.41, 5.74) is 4.19. The number of rotatable bonds is 19. The van der Waals surface area contributed by atoms with Crippen molar-refractivity contribution in [1.29, 1.82) is 0 Å². The van der Waals surface area contributed by atoms with Crippen LogP contribution in [0.4, 0.5) is 0 Å². The van der Waals surface area contributed by atoms with E-state index >= 15 is 0 Å². The summed E-state index contributed by atoms with van der Waals surface area (Å²) >= 11 is 0. The Morgan fingerprint density at radius 3 is 1.38 bits per heavy atom. The van der Waals surface area contributed by atoms with Crippen LogP contribution in [-0.4, -0.2) is 5.11 Å². The first-order valence-electron chi connectivity index (χ1n) is 13.1. The molecule has 1 rings (SSSR count). The third kappa shape index (κ3) is 11.7. The van der Waals surface area contributed by atoms with E-state index in [0.29, 0.717) is 5.75 Å². The largest absolute Gasteiger partial charge is 0.508 e. The first kappa shape index (κ1) is 26.1. The Hall–Kier alpha value is -0.980. The average Bonchev–Trinajstić information content (AvgIpc) is 2.73. The zero-order chi connectivity index (χ0) is 21.2. The highest BCUT2D eigenvalue weighted by atomic mass is 16.3. The van der Waals surface area contributed by atoms with Crippen molar-refractivity contribution in [3.8, 4) is 5.75 Å². The Labute approximate surface area is 182 Å². The zero-order valence-electron chi connectivity index (χ0n) is 20.0. The Kier molecular flexibility index (Phi) is 16.0. The van der Waals surface area contributed by atoms with E-state index in [9.17, 15) is 5.11 Å². The number of benzene rings is 1. The molecular weight excluding hydrogens is 352 g/mol. The topological polar surface area (TPSA) is 20.2 Å². The SMILES string of the molecule is CCCCCCCCCCc1c(O)ccc(CC)c1CCCCCCCCCC. The van der Waals surface area contributed by atoms with Crippen LogP contribution in [0, 0.1) is 0 Å². The summed E-state index contributed by atoms with van der Waals surface area (Å²) in [5.74, 6) is 0.541. The molecule has 0 aliphatic carbocycles. The van der Waals surface area contributed by atoms with Gasteiger partial charge in [0.05, 0.1) is 0 Å². The van der Waals surface area contributed by atoms with Gasteiger partial charge >= 0.3 is 0 Å². The van der Waals surface area contributed by atoms with Gasteiger partial charge in [-0.3, -0.25) is 0 Å². The van der Waals surface area contributed by atoms with Crippen LogP contribution in [0.5, 0.6) is 5.75 Å². The number of aryl methyl sites for hydroxylation is 1. The lowest BCUT2D eigenvalue weighted by Crippen LogP contribution is -2.01. The van der Waals surface area contributed by atoms with Crippen molar-refractivity contribution in [2.75, 3.05) is 0 Å². The lowest BCUT2D eigenvalue weighted by molar-refractivity contribution is 0.463. The van der Waals surface area contributed by atoms with Crippen LogP contribution in [-0.2, 0) is 19.3 Å². The molecule has 1 N–H and O–H groups in total. The van der Waals surface area contributed by atoms with Gasteiger partial charge in [0.2, 0.25) is 0 Å². The molecule has 0 aromatic heterocycles. The van der Waals surface area contributed by atoms with E-state index in [1.807, 2.05) is 6.07 Å². The van der Waals surface area contributed by atoms with Crippen LogP contribution in [0.3, 0.4) is 0 Å². The van der Waals surface area contributed by atoms with Gasteiger partial charge in [0.1, 0.15) is 5.75 Å². The van der Waals surface area contributed by atoms with Crippen molar-refractivity contribution in [3.63, 3.8) is 0 Å². The molecule has 0 amide bonds. The van der Waals surface area contributed by atoms with Crippen molar-refractivity contribution >= 4 is 0 Å². The van der Waals surface area contributed by atoms with Gasteiger partial charge < -0.3 is 5.11 Å². The molecule has 0 aliphatic heterocycles. The first-order valence-corrected chi connectivity index (χ1v) is 13.1. The highest BCUT2D eigenvalue weighted by Crippen LogP contribution is 2.29. The molecule has 0 heterocycles. The molecule has 29 heavy (non-hydrogen) atoms. The summed E-state index contributed by atoms with van der Waals surface area (Å²) in [6, 6.07) is 4.10. The lowest BCUT2D eigenvalue weighted by atomic mass is 9.90. The highest BCUT2D eigenvalue weighted by molar-refractivity contribution is 5.44. The maximum atomic E-state index is 10.5. The third-order valence-electron chi connectivity index (χ3n) is 6.45. The summed E-state index contributed by atoms with van der Waals surface area (Å²) in [6.07, 6.45) is 25.0. The summed E-state index contributed by atoms with van der Waals surface area (Å²) < 4.78 is 0. The van der Waals surface area contributed by atoms with E-state index in [2.05, 4.69) is 26.8 Å². The van der Waals surface area contributed by atoms with Crippen LogP contribution in [0.1, 0.15) is 140 Å². The molecule has 0 atom stereocenters. The molecule has 0 aliphatic rings. The fourth-order valence-electron chi connectivity index (χ4n) is 4.52. The molecule has 168 valence electrons. The number of phenolic OH excluding ortho intramolecular Hbond substituents is 1. The minimum Gasteiger partial charge on any atom is -0.508 e. The van der Waals surface area contributed by atoms with Crippen molar-refractivity contribution in [1.82, 2.24) is 0 Å². The van der Waals surface area contributed by atoms with E-state index in [1.54, 1.807) is 0 Å². The zero-order valence-corrected chi connectivity index (χ0v) is 20.0. The quantitative estimate of drug-likeness (QED) is 0.228. The average molecular weight is 403 g/mol. The maximum Gasteiger partial charge on any atom is 0.119 e. The molecule has 0 radical (unpaired) electrons. The molecule has 0 bridgehead atoms. The van der Waals surface area contributed by atoms with Gasteiger partial charge in [0, 0.05) is 0 Å². The second-order valence-corrected chi connectivity index (χ2v) is 9.00. The number of hydrogen-bond acceptors (Lipinski definition) is 1. The van der Waals surface area contributed by atoms with E-state index < -0.39 is 0 Å². The van der Waals surface area contributed by atoms with Crippen LogP contribution >= 0.6 is 0 Å². The van der Waals surface area contributed by atoms with Gasteiger partial charge in [-0.2, -0.15) is 0 Å². The Bertz CT molecular complexity index is 505. The molecule has 1 nitrogen and oxygen atoms in total. The standard InChI is InChI=1S/C28H50O/c1-4-7-9-11-13-15-17-19-21-26-25(6-3)23-24-28(29)27(26)22-20-18-16-14-12-10-8-5-2/h23-24,29H,4-22H2,1-3H3. The first-order chi connectivity index (χ1) is 14.2. The summed E-state index contributed by atoms with van der Waals surface area (Å²) in [4.78, 5) is 0. The minimum atomic E-state index is 0.541. The Morgan fingerprint density at radius 2 is 0.931 bits per heavy atom. The predicted octanol–water partition coefficient (Wildman–Crippen LogP) is 9.32. The monoisotopic (exact) mass is 402 g/mol. The molecule has 0 saturated heterocycles. The van der Waals surface area contributed by atoms with Gasteiger partial charge in [-0.25, -0.2) is 0 Å². The van der Waals surface area contributed by atoms with Crippen molar-refractivity contribution in [2.24, 2.45) is 0 Å². The van der Waals surface area contributed by atoms with Gasteiger partial charge in [0.15, 0.2) is 0 Å². The van der Waals surface area contributed by atoms with Crippen molar-refractivity contribution < 1.29 is 5.11 Å². The van der Waals surface area contributed by atoms with E-state index in [-0.39, 0.29) is 0 Å². The number of phenols is 1. The van der Waals surface area contributed by atoms with E-state index in [0.717, 1.165) is 19.3 Å². The van der Waals surface area contributed by atoms with Crippen molar-refractivity contribution in [2.45, 2.75) is 143 Å². The second kappa shape index (κ2) is 17.8. The normalized spacial score (nSPS) is 11.3. The third-order valence-corrected chi connectivity index (χ3v) is 6.45. The molecule has 0 unspecified atom stereocenters. The second-order valence-electron chi connectivity index (χ2n) is 9.00. The smallest absolute Gasteiger partial charge is 0.119 e. The summed E-state index contributed by atoms with van der Waals surface area (Å²) in [7, 11) is 0. The molecular formula is C28H50O. The van der Waals surface area contributed by atoms with Gasteiger partial charge in [-0.15, -0.1) is 0 Å². The Morgan fingerprint density at radius 1 is 0.517 bits per heavy atom. The van der Waals surface area contributed by atoms with Crippen LogP contribution < -0.4 is 0 Å². The minimum absolute atomic E-state index is 0.541. The van der Waals surface area contributed by atoms with Gasteiger partial charge in [-0.1, -0.05) is 117 Å². The molecule has 1 aromatic rings. The molecule has 1 heteroatoms. The molecule has 0 saturated carbocycles. The number of hydrogen-bond donors (Lipinski definition) is 1. The van der Waals surface area contributed by atoms with Gasteiger partial charge in [-0.05, 0) is 54.9 Å². The van der Waals surface area contributed by atoms with Gasteiger partial charge in [0.25, 0.3) is 0 Å². The highest BCUT2D eigenvalue weighted by Gasteiger charge is 2.12. The molecule has 0 fully saturated rings. The van der Waals surface area contributed by atoms with Crippen LogP contribution in [0.15, 0.2) is 12.1 Å². The maximum absolute atomic E-state index is 10.5.